The van der Waals surface area contributed by atoms with Gasteiger partial charge in [-0.15, -0.1) is 0 Å². The van der Waals surface area contributed by atoms with Gasteiger partial charge in [-0.05, 0) is 42.0 Å². The fourth-order valence-corrected chi connectivity index (χ4v) is 3.52. The van der Waals surface area contributed by atoms with Crippen LogP contribution in [-0.4, -0.2) is 9.55 Å². The molecule has 24 heavy (non-hydrogen) atoms. The minimum atomic E-state index is -0.0143. The zero-order valence-corrected chi connectivity index (χ0v) is 13.5. The van der Waals surface area contributed by atoms with E-state index >= 15 is 0 Å². The Bertz CT molecular complexity index is 1050. The van der Waals surface area contributed by atoms with E-state index in [9.17, 15) is 0 Å². The maximum Gasteiger partial charge on any atom is 0.145 e. The number of nitrogens with zero attached hydrogens (tertiary/aromatic N) is 2. The molecule has 0 unspecified atom stereocenters. The quantitative estimate of drug-likeness (QED) is 0.511. The first-order chi connectivity index (χ1) is 11.8. The summed E-state index contributed by atoms with van der Waals surface area (Å²) < 4.78 is 2.26. The number of imidazole rings is 1. The van der Waals surface area contributed by atoms with Crippen LogP contribution in [0.15, 0.2) is 72.8 Å². The van der Waals surface area contributed by atoms with Gasteiger partial charge in [0, 0.05) is 16.3 Å². The molecule has 0 saturated heterocycles. The molecule has 1 aliphatic heterocycles. The molecule has 0 spiro atoms. The molecule has 1 aromatic heterocycles. The van der Waals surface area contributed by atoms with Gasteiger partial charge in [0.25, 0.3) is 0 Å². The summed E-state index contributed by atoms with van der Waals surface area (Å²) in [6.45, 7) is 0. The van der Waals surface area contributed by atoms with Crippen LogP contribution >= 0.6 is 11.6 Å². The summed E-state index contributed by atoms with van der Waals surface area (Å²) in [4.78, 5) is 4.88. The third-order valence-electron chi connectivity index (χ3n) is 4.50. The Labute approximate surface area is 144 Å². The molecule has 3 nitrogen and oxygen atoms in total. The molecule has 1 aliphatic rings. The topological polar surface area (TPSA) is 29.9 Å². The Hall–Kier alpha value is -2.78. The van der Waals surface area contributed by atoms with Crippen LogP contribution in [0.4, 0.5) is 5.69 Å². The molecule has 4 heteroatoms. The number of hydrogen-bond donors (Lipinski definition) is 1. The van der Waals surface area contributed by atoms with Crippen molar-refractivity contribution in [1.29, 1.82) is 0 Å². The van der Waals surface area contributed by atoms with Gasteiger partial charge in [0.05, 0.1) is 11.0 Å². The van der Waals surface area contributed by atoms with Crippen molar-refractivity contribution in [3.8, 4) is 11.4 Å². The summed E-state index contributed by atoms with van der Waals surface area (Å²) >= 11 is 6.07. The Morgan fingerprint density at radius 1 is 0.875 bits per heavy atom. The lowest BCUT2D eigenvalue weighted by atomic mass is 10.1. The third-order valence-corrected chi connectivity index (χ3v) is 4.75. The van der Waals surface area contributed by atoms with Gasteiger partial charge in [0.1, 0.15) is 12.0 Å². The van der Waals surface area contributed by atoms with Crippen LogP contribution in [-0.2, 0) is 0 Å². The number of anilines is 1. The lowest BCUT2D eigenvalue weighted by molar-refractivity contribution is 0.669. The van der Waals surface area contributed by atoms with Gasteiger partial charge in [-0.1, -0.05) is 48.0 Å². The van der Waals surface area contributed by atoms with Crippen molar-refractivity contribution in [2.45, 2.75) is 6.17 Å². The molecule has 0 saturated carbocycles. The first-order valence-electron chi connectivity index (χ1n) is 7.90. The standard InChI is InChI=1S/C20H14ClN3/c21-14-11-9-13(10-12-14)19-22-16-6-2-1-5-15(16)20-23-17-7-3-4-8-18(17)24(19)20/h1-12,19,22H/t19-/m0/s1. The Morgan fingerprint density at radius 2 is 1.62 bits per heavy atom. The molecular formula is C20H14ClN3. The summed E-state index contributed by atoms with van der Waals surface area (Å²) in [7, 11) is 0. The average molecular weight is 332 g/mol. The lowest BCUT2D eigenvalue weighted by Gasteiger charge is -2.30. The Morgan fingerprint density at radius 3 is 2.50 bits per heavy atom. The predicted octanol–water partition coefficient (Wildman–Crippen LogP) is 5.33. The molecule has 0 amide bonds. The zero-order chi connectivity index (χ0) is 16.1. The second kappa shape index (κ2) is 5.11. The van der Waals surface area contributed by atoms with Crippen LogP contribution in [0.3, 0.4) is 0 Å². The number of halogens is 1. The summed E-state index contributed by atoms with van der Waals surface area (Å²) in [6, 6.07) is 24.5. The molecule has 5 rings (SSSR count). The van der Waals surface area contributed by atoms with E-state index in [2.05, 4.69) is 52.3 Å². The number of para-hydroxylation sites is 3. The van der Waals surface area contributed by atoms with Gasteiger partial charge in [0.15, 0.2) is 0 Å². The highest BCUT2D eigenvalue weighted by molar-refractivity contribution is 6.30. The van der Waals surface area contributed by atoms with E-state index in [-0.39, 0.29) is 6.17 Å². The molecule has 1 N–H and O–H groups in total. The smallest absolute Gasteiger partial charge is 0.145 e. The van der Waals surface area contributed by atoms with Crippen LogP contribution in [0.25, 0.3) is 22.4 Å². The van der Waals surface area contributed by atoms with E-state index in [1.807, 2.05) is 30.3 Å². The number of rotatable bonds is 1. The molecule has 4 aromatic rings. The molecular weight excluding hydrogens is 318 g/mol. The molecule has 2 heterocycles. The Kier molecular flexibility index (Phi) is 2.91. The molecule has 3 aromatic carbocycles. The highest BCUT2D eigenvalue weighted by Gasteiger charge is 2.27. The van der Waals surface area contributed by atoms with Gasteiger partial charge < -0.3 is 5.32 Å². The number of hydrogen-bond acceptors (Lipinski definition) is 2. The first kappa shape index (κ1) is 13.6. The summed E-state index contributed by atoms with van der Waals surface area (Å²) in [6.07, 6.45) is -0.0143. The number of fused-ring (bicyclic) bond motifs is 5. The van der Waals surface area contributed by atoms with Crippen molar-refractivity contribution in [3.63, 3.8) is 0 Å². The normalized spacial score (nSPS) is 15.6. The van der Waals surface area contributed by atoms with Crippen LogP contribution in [0.5, 0.6) is 0 Å². The van der Waals surface area contributed by atoms with Gasteiger partial charge in [0.2, 0.25) is 0 Å². The molecule has 0 radical (unpaired) electrons. The highest BCUT2D eigenvalue weighted by atomic mass is 35.5. The predicted molar refractivity (Wildman–Crippen MR) is 98.4 cm³/mol. The van der Waals surface area contributed by atoms with E-state index in [1.54, 1.807) is 0 Å². The number of aromatic nitrogens is 2. The Balaban J connectivity index is 1.81. The van der Waals surface area contributed by atoms with Crippen molar-refractivity contribution in [3.05, 3.63) is 83.4 Å². The van der Waals surface area contributed by atoms with Crippen molar-refractivity contribution >= 4 is 28.3 Å². The minimum Gasteiger partial charge on any atom is -0.361 e. The van der Waals surface area contributed by atoms with Crippen LogP contribution in [0.2, 0.25) is 5.02 Å². The van der Waals surface area contributed by atoms with Crippen molar-refractivity contribution < 1.29 is 0 Å². The van der Waals surface area contributed by atoms with Gasteiger partial charge in [-0.2, -0.15) is 0 Å². The maximum atomic E-state index is 6.07. The van der Waals surface area contributed by atoms with E-state index < -0.39 is 0 Å². The summed E-state index contributed by atoms with van der Waals surface area (Å²) in [5, 5.41) is 4.39. The monoisotopic (exact) mass is 331 g/mol. The van der Waals surface area contributed by atoms with Crippen molar-refractivity contribution in [2.24, 2.45) is 0 Å². The SMILES string of the molecule is Clc1ccc([C@H]2Nc3ccccc3-c3nc4ccccc4n32)cc1. The number of nitrogens with one attached hydrogen (secondary N) is 1. The largest absolute Gasteiger partial charge is 0.361 e. The van der Waals surface area contributed by atoms with Crippen LogP contribution in [0, 0.1) is 0 Å². The maximum absolute atomic E-state index is 6.07. The summed E-state index contributed by atoms with van der Waals surface area (Å²) in [5.74, 6) is 0.991. The van der Waals surface area contributed by atoms with E-state index in [0.29, 0.717) is 0 Å². The number of benzene rings is 3. The fourth-order valence-electron chi connectivity index (χ4n) is 3.39. The van der Waals surface area contributed by atoms with E-state index in [1.165, 1.54) is 0 Å². The van der Waals surface area contributed by atoms with E-state index in [0.717, 1.165) is 38.7 Å². The lowest BCUT2D eigenvalue weighted by Crippen LogP contribution is -2.24. The van der Waals surface area contributed by atoms with Crippen LogP contribution < -0.4 is 5.32 Å². The fraction of sp³-hybridized carbons (Fsp3) is 0.0500. The van der Waals surface area contributed by atoms with Gasteiger partial charge in [-0.25, -0.2) is 4.98 Å². The highest BCUT2D eigenvalue weighted by Crippen LogP contribution is 2.40. The third kappa shape index (κ3) is 1.95. The first-order valence-corrected chi connectivity index (χ1v) is 8.27. The van der Waals surface area contributed by atoms with Crippen LogP contribution in [0.1, 0.15) is 11.7 Å². The van der Waals surface area contributed by atoms with Gasteiger partial charge in [-0.3, -0.25) is 4.57 Å². The molecule has 1 atom stereocenters. The second-order valence-corrected chi connectivity index (χ2v) is 6.37. The molecule has 0 fully saturated rings. The zero-order valence-electron chi connectivity index (χ0n) is 12.8. The van der Waals surface area contributed by atoms with Crippen molar-refractivity contribution in [2.75, 3.05) is 5.32 Å². The van der Waals surface area contributed by atoms with Gasteiger partial charge >= 0.3 is 0 Å². The second-order valence-electron chi connectivity index (χ2n) is 5.94. The van der Waals surface area contributed by atoms with Crippen molar-refractivity contribution in [1.82, 2.24) is 9.55 Å². The molecule has 0 aliphatic carbocycles. The average Bonchev–Trinajstić information content (AvgIpc) is 3.02. The minimum absolute atomic E-state index is 0.0143. The summed E-state index contributed by atoms with van der Waals surface area (Å²) in [5.41, 5.74) is 5.50. The molecule has 0 bridgehead atoms. The van der Waals surface area contributed by atoms with E-state index in [4.69, 9.17) is 16.6 Å². The molecule has 116 valence electrons.